The van der Waals surface area contributed by atoms with E-state index in [1.165, 1.54) is 0 Å². The highest BCUT2D eigenvalue weighted by Gasteiger charge is 2.17. The van der Waals surface area contributed by atoms with Gasteiger partial charge in [0.25, 0.3) is 0 Å². The molecule has 0 aromatic heterocycles. The van der Waals surface area contributed by atoms with Gasteiger partial charge < -0.3 is 10.5 Å². The molecule has 2 aromatic carbocycles. The molecule has 0 aliphatic rings. The topological polar surface area (TPSA) is 35.2 Å². The van der Waals surface area contributed by atoms with Crippen LogP contribution in [0.5, 0.6) is 5.75 Å². The molecule has 2 nitrogen and oxygen atoms in total. The number of halogens is 2. The van der Waals surface area contributed by atoms with Gasteiger partial charge in [-0.15, -0.1) is 0 Å². The normalized spacial score (nSPS) is 12.2. The van der Waals surface area contributed by atoms with Crippen molar-refractivity contribution >= 4 is 23.2 Å². The van der Waals surface area contributed by atoms with Gasteiger partial charge in [0.1, 0.15) is 5.75 Å². The van der Waals surface area contributed by atoms with Crippen molar-refractivity contribution in [2.75, 3.05) is 13.2 Å². The Hall–Kier alpha value is -1.22. The van der Waals surface area contributed by atoms with Gasteiger partial charge in [0.15, 0.2) is 0 Å². The van der Waals surface area contributed by atoms with E-state index in [1.54, 1.807) is 0 Å². The van der Waals surface area contributed by atoms with Crippen molar-refractivity contribution in [3.63, 3.8) is 0 Å². The van der Waals surface area contributed by atoms with Gasteiger partial charge in [0.2, 0.25) is 0 Å². The minimum Gasteiger partial charge on any atom is -0.494 e. The SMILES string of the molecule is CCOc1ccc(Cl)cc1C(CN)Cc1ccccc1Cl. The summed E-state index contributed by atoms with van der Waals surface area (Å²) in [5.74, 6) is 0.953. The monoisotopic (exact) mass is 323 g/mol. The number of ether oxygens (including phenoxy) is 1. The van der Waals surface area contributed by atoms with Gasteiger partial charge in [0, 0.05) is 21.5 Å². The molecule has 21 heavy (non-hydrogen) atoms. The lowest BCUT2D eigenvalue weighted by atomic mass is 9.91. The average molecular weight is 324 g/mol. The van der Waals surface area contributed by atoms with Crippen LogP contribution in [0.1, 0.15) is 24.0 Å². The molecule has 1 atom stereocenters. The van der Waals surface area contributed by atoms with Crippen LogP contribution in [0.2, 0.25) is 10.0 Å². The van der Waals surface area contributed by atoms with Crippen molar-refractivity contribution in [3.8, 4) is 5.75 Å². The lowest BCUT2D eigenvalue weighted by Crippen LogP contribution is -2.16. The van der Waals surface area contributed by atoms with E-state index >= 15 is 0 Å². The Morgan fingerprint density at radius 3 is 2.57 bits per heavy atom. The van der Waals surface area contributed by atoms with E-state index in [1.807, 2.05) is 49.4 Å². The van der Waals surface area contributed by atoms with Crippen LogP contribution in [-0.4, -0.2) is 13.2 Å². The third-order valence-electron chi connectivity index (χ3n) is 3.42. The number of benzene rings is 2. The second-order valence-electron chi connectivity index (χ2n) is 4.84. The van der Waals surface area contributed by atoms with E-state index in [2.05, 4.69) is 0 Å². The summed E-state index contributed by atoms with van der Waals surface area (Å²) < 4.78 is 5.70. The number of hydrogen-bond acceptors (Lipinski definition) is 2. The van der Waals surface area contributed by atoms with Crippen LogP contribution >= 0.6 is 23.2 Å². The van der Waals surface area contributed by atoms with Crippen molar-refractivity contribution in [1.29, 1.82) is 0 Å². The Balaban J connectivity index is 2.33. The standard InChI is InChI=1S/C17H19Cl2NO/c1-2-21-17-8-7-14(18)10-15(17)13(11-20)9-12-5-3-4-6-16(12)19/h3-8,10,13H,2,9,11,20H2,1H3. The summed E-state index contributed by atoms with van der Waals surface area (Å²) in [5, 5.41) is 1.45. The molecule has 0 radical (unpaired) electrons. The minimum atomic E-state index is 0.116. The molecule has 1 unspecified atom stereocenters. The molecule has 0 amide bonds. The maximum absolute atomic E-state index is 6.25. The van der Waals surface area contributed by atoms with Gasteiger partial charge in [-0.25, -0.2) is 0 Å². The van der Waals surface area contributed by atoms with Gasteiger partial charge in [0.05, 0.1) is 6.61 Å². The fourth-order valence-corrected chi connectivity index (χ4v) is 2.77. The molecule has 2 N–H and O–H groups in total. The first kappa shape index (κ1) is 16.2. The molecule has 112 valence electrons. The quantitative estimate of drug-likeness (QED) is 0.837. The molecule has 0 spiro atoms. The molecule has 0 bridgehead atoms. The van der Waals surface area contributed by atoms with Crippen molar-refractivity contribution in [2.45, 2.75) is 19.3 Å². The highest BCUT2D eigenvalue weighted by molar-refractivity contribution is 6.31. The maximum Gasteiger partial charge on any atom is 0.122 e. The zero-order chi connectivity index (χ0) is 15.2. The van der Waals surface area contributed by atoms with Crippen molar-refractivity contribution in [2.24, 2.45) is 5.73 Å². The fourth-order valence-electron chi connectivity index (χ4n) is 2.37. The molecule has 2 aromatic rings. The van der Waals surface area contributed by atoms with Crippen LogP contribution < -0.4 is 10.5 Å². The van der Waals surface area contributed by atoms with Gasteiger partial charge in [-0.2, -0.15) is 0 Å². The summed E-state index contributed by atoms with van der Waals surface area (Å²) in [4.78, 5) is 0. The highest BCUT2D eigenvalue weighted by Crippen LogP contribution is 2.32. The van der Waals surface area contributed by atoms with Crippen LogP contribution in [0.3, 0.4) is 0 Å². The summed E-state index contributed by atoms with van der Waals surface area (Å²) in [5.41, 5.74) is 8.09. The van der Waals surface area contributed by atoms with Gasteiger partial charge in [-0.1, -0.05) is 41.4 Å². The molecule has 0 saturated heterocycles. The van der Waals surface area contributed by atoms with Crippen LogP contribution in [0, 0.1) is 0 Å². The van der Waals surface area contributed by atoms with E-state index < -0.39 is 0 Å². The number of rotatable bonds is 6. The van der Waals surface area contributed by atoms with Gasteiger partial charge >= 0.3 is 0 Å². The minimum absolute atomic E-state index is 0.116. The maximum atomic E-state index is 6.25. The second-order valence-corrected chi connectivity index (χ2v) is 5.69. The van der Waals surface area contributed by atoms with Gasteiger partial charge in [-0.3, -0.25) is 0 Å². The largest absolute Gasteiger partial charge is 0.494 e. The molecule has 2 rings (SSSR count). The first-order valence-electron chi connectivity index (χ1n) is 7.01. The van der Waals surface area contributed by atoms with Crippen LogP contribution in [-0.2, 0) is 6.42 Å². The number of hydrogen-bond donors (Lipinski definition) is 1. The average Bonchev–Trinajstić information content (AvgIpc) is 2.49. The Morgan fingerprint density at radius 1 is 1.14 bits per heavy atom. The molecular formula is C17H19Cl2NO. The Labute approximate surface area is 135 Å². The molecule has 4 heteroatoms. The van der Waals surface area contributed by atoms with Crippen molar-refractivity contribution in [3.05, 3.63) is 63.6 Å². The Morgan fingerprint density at radius 2 is 1.90 bits per heavy atom. The predicted octanol–water partition coefficient (Wildman–Crippen LogP) is 4.68. The third-order valence-corrected chi connectivity index (χ3v) is 4.02. The van der Waals surface area contributed by atoms with E-state index in [0.29, 0.717) is 18.2 Å². The first-order valence-corrected chi connectivity index (χ1v) is 7.77. The Bertz CT molecular complexity index is 601. The zero-order valence-electron chi connectivity index (χ0n) is 12.0. The predicted molar refractivity (Wildman–Crippen MR) is 89.6 cm³/mol. The Kier molecular flexibility index (Phi) is 5.92. The molecule has 0 fully saturated rings. The molecule has 0 aliphatic heterocycles. The second kappa shape index (κ2) is 7.69. The third kappa shape index (κ3) is 4.13. The van der Waals surface area contributed by atoms with Gasteiger partial charge in [-0.05, 0) is 49.7 Å². The van der Waals surface area contributed by atoms with Crippen molar-refractivity contribution < 1.29 is 4.74 Å². The molecule has 0 saturated carbocycles. The number of nitrogens with two attached hydrogens (primary N) is 1. The highest BCUT2D eigenvalue weighted by atomic mass is 35.5. The lowest BCUT2D eigenvalue weighted by Gasteiger charge is -2.20. The van der Waals surface area contributed by atoms with E-state index in [0.717, 1.165) is 28.3 Å². The molecule has 0 heterocycles. The summed E-state index contributed by atoms with van der Waals surface area (Å²) in [6, 6.07) is 13.5. The smallest absolute Gasteiger partial charge is 0.122 e. The fraction of sp³-hybridized carbons (Fsp3) is 0.294. The molecule has 0 aliphatic carbocycles. The summed E-state index contributed by atoms with van der Waals surface area (Å²) in [6.45, 7) is 3.08. The van der Waals surface area contributed by atoms with E-state index in [9.17, 15) is 0 Å². The van der Waals surface area contributed by atoms with E-state index in [-0.39, 0.29) is 5.92 Å². The lowest BCUT2D eigenvalue weighted by molar-refractivity contribution is 0.334. The van der Waals surface area contributed by atoms with Crippen LogP contribution in [0.4, 0.5) is 0 Å². The van der Waals surface area contributed by atoms with Crippen LogP contribution in [0.25, 0.3) is 0 Å². The zero-order valence-corrected chi connectivity index (χ0v) is 13.5. The first-order chi connectivity index (χ1) is 10.2. The van der Waals surface area contributed by atoms with Crippen molar-refractivity contribution in [1.82, 2.24) is 0 Å². The summed E-state index contributed by atoms with van der Waals surface area (Å²) in [6.07, 6.45) is 0.761. The van der Waals surface area contributed by atoms with Crippen LogP contribution in [0.15, 0.2) is 42.5 Å². The summed E-state index contributed by atoms with van der Waals surface area (Å²) >= 11 is 12.4. The van der Waals surface area contributed by atoms with E-state index in [4.69, 9.17) is 33.7 Å². The summed E-state index contributed by atoms with van der Waals surface area (Å²) in [7, 11) is 0. The molecular weight excluding hydrogens is 305 g/mol.